The topological polar surface area (TPSA) is 87.3 Å². The fourth-order valence-corrected chi connectivity index (χ4v) is 1.08. The van der Waals surface area contributed by atoms with Gasteiger partial charge in [-0.1, -0.05) is 0 Å². The highest BCUT2D eigenvalue weighted by molar-refractivity contribution is 5.46. The van der Waals surface area contributed by atoms with Crippen molar-refractivity contribution in [3.63, 3.8) is 0 Å². The van der Waals surface area contributed by atoms with Gasteiger partial charge in [0.2, 0.25) is 0 Å². The Balaban J connectivity index is 2.63. The monoisotopic (exact) mass is 191 g/mol. The molecule has 2 aromatic rings. The average molecular weight is 191 g/mol. The molecule has 0 aromatic carbocycles. The first kappa shape index (κ1) is 8.61. The molecule has 0 fully saturated rings. The number of rotatable bonds is 1. The first-order valence-corrected chi connectivity index (χ1v) is 4.12. The number of nitrogens with one attached hydrogen (secondary N) is 2. The summed E-state index contributed by atoms with van der Waals surface area (Å²) >= 11 is 0. The Kier molecular flexibility index (Phi) is 1.88. The van der Waals surface area contributed by atoms with Crippen LogP contribution in [0.15, 0.2) is 11.0 Å². The SMILES string of the molecule is Cc1nc(-c2cn[nH]n2)[nH]c(=O)c1C. The molecule has 0 unspecified atom stereocenters. The minimum atomic E-state index is -0.143. The predicted molar refractivity (Wildman–Crippen MR) is 49.7 cm³/mol. The Morgan fingerprint density at radius 3 is 2.71 bits per heavy atom. The average Bonchev–Trinajstić information content (AvgIpc) is 2.66. The summed E-state index contributed by atoms with van der Waals surface area (Å²) in [5, 5.41) is 9.93. The largest absolute Gasteiger partial charge is 0.305 e. The third-order valence-electron chi connectivity index (χ3n) is 2.05. The maximum atomic E-state index is 11.4. The van der Waals surface area contributed by atoms with Gasteiger partial charge in [-0.2, -0.15) is 15.4 Å². The van der Waals surface area contributed by atoms with Crippen molar-refractivity contribution in [1.29, 1.82) is 0 Å². The molecule has 2 rings (SSSR count). The molecule has 2 aromatic heterocycles. The Morgan fingerprint density at radius 2 is 2.14 bits per heavy atom. The summed E-state index contributed by atoms with van der Waals surface area (Å²) in [5.74, 6) is 0.437. The van der Waals surface area contributed by atoms with Crippen LogP contribution >= 0.6 is 0 Å². The van der Waals surface area contributed by atoms with E-state index in [1.807, 2.05) is 0 Å². The zero-order chi connectivity index (χ0) is 10.1. The van der Waals surface area contributed by atoms with E-state index in [4.69, 9.17) is 0 Å². The zero-order valence-electron chi connectivity index (χ0n) is 7.83. The highest BCUT2D eigenvalue weighted by Crippen LogP contribution is 2.08. The molecule has 0 aliphatic carbocycles. The summed E-state index contributed by atoms with van der Waals surface area (Å²) in [6, 6.07) is 0. The van der Waals surface area contributed by atoms with Crippen LogP contribution in [0.1, 0.15) is 11.3 Å². The molecule has 0 amide bonds. The van der Waals surface area contributed by atoms with E-state index in [0.29, 0.717) is 22.8 Å². The zero-order valence-corrected chi connectivity index (χ0v) is 7.83. The first-order chi connectivity index (χ1) is 6.68. The molecule has 6 nitrogen and oxygen atoms in total. The van der Waals surface area contributed by atoms with E-state index in [-0.39, 0.29) is 5.56 Å². The second kappa shape index (κ2) is 3.06. The van der Waals surface area contributed by atoms with Gasteiger partial charge in [0, 0.05) is 11.3 Å². The summed E-state index contributed by atoms with van der Waals surface area (Å²) in [6.45, 7) is 3.52. The molecule has 0 saturated heterocycles. The van der Waals surface area contributed by atoms with Crippen molar-refractivity contribution < 1.29 is 0 Å². The molecule has 2 heterocycles. The molecular formula is C8H9N5O. The van der Waals surface area contributed by atoms with E-state index in [1.165, 1.54) is 6.20 Å². The van der Waals surface area contributed by atoms with Crippen molar-refractivity contribution in [3.8, 4) is 11.5 Å². The Morgan fingerprint density at radius 1 is 1.36 bits per heavy atom. The van der Waals surface area contributed by atoms with Crippen LogP contribution in [0.3, 0.4) is 0 Å². The highest BCUT2D eigenvalue weighted by atomic mass is 16.1. The number of hydrogen-bond acceptors (Lipinski definition) is 4. The van der Waals surface area contributed by atoms with Crippen LogP contribution < -0.4 is 5.56 Å². The lowest BCUT2D eigenvalue weighted by Gasteiger charge is -1.99. The maximum absolute atomic E-state index is 11.4. The fraction of sp³-hybridized carbons (Fsp3) is 0.250. The molecule has 14 heavy (non-hydrogen) atoms. The molecule has 2 N–H and O–H groups in total. The van der Waals surface area contributed by atoms with Gasteiger partial charge in [0.25, 0.3) is 5.56 Å². The van der Waals surface area contributed by atoms with Gasteiger partial charge >= 0.3 is 0 Å². The number of aromatic amines is 2. The second-order valence-electron chi connectivity index (χ2n) is 2.98. The van der Waals surface area contributed by atoms with Gasteiger partial charge < -0.3 is 4.98 Å². The van der Waals surface area contributed by atoms with Crippen molar-refractivity contribution in [2.45, 2.75) is 13.8 Å². The van der Waals surface area contributed by atoms with E-state index < -0.39 is 0 Å². The molecule has 6 heteroatoms. The van der Waals surface area contributed by atoms with E-state index in [2.05, 4.69) is 25.4 Å². The summed E-state index contributed by atoms with van der Waals surface area (Å²) in [7, 11) is 0. The molecular weight excluding hydrogens is 182 g/mol. The lowest BCUT2D eigenvalue weighted by Crippen LogP contribution is -2.14. The second-order valence-corrected chi connectivity index (χ2v) is 2.98. The van der Waals surface area contributed by atoms with Crippen LogP contribution in [-0.2, 0) is 0 Å². The number of aromatic nitrogens is 5. The van der Waals surface area contributed by atoms with Crippen molar-refractivity contribution in [3.05, 3.63) is 27.8 Å². The van der Waals surface area contributed by atoms with Crippen molar-refractivity contribution in [2.24, 2.45) is 0 Å². The maximum Gasteiger partial charge on any atom is 0.254 e. The van der Waals surface area contributed by atoms with Crippen LogP contribution in [-0.4, -0.2) is 25.4 Å². The number of nitrogens with zero attached hydrogens (tertiary/aromatic N) is 3. The normalized spacial score (nSPS) is 10.4. The molecule has 0 bridgehead atoms. The van der Waals surface area contributed by atoms with E-state index >= 15 is 0 Å². The first-order valence-electron chi connectivity index (χ1n) is 4.12. The number of H-pyrrole nitrogens is 2. The molecule has 72 valence electrons. The quantitative estimate of drug-likeness (QED) is 0.672. The summed E-state index contributed by atoms with van der Waals surface area (Å²) in [6.07, 6.45) is 1.51. The van der Waals surface area contributed by atoms with E-state index in [1.54, 1.807) is 13.8 Å². The minimum Gasteiger partial charge on any atom is -0.305 e. The van der Waals surface area contributed by atoms with Gasteiger partial charge in [0.05, 0.1) is 6.20 Å². The van der Waals surface area contributed by atoms with Crippen LogP contribution in [0.4, 0.5) is 0 Å². The standard InChI is InChI=1S/C8H9N5O/c1-4-5(2)10-7(11-8(4)14)6-3-9-13-12-6/h3H,1-2H3,(H,9,12,13)(H,10,11,14). The van der Waals surface area contributed by atoms with Crippen molar-refractivity contribution in [1.82, 2.24) is 25.4 Å². The summed E-state index contributed by atoms with van der Waals surface area (Å²) < 4.78 is 0. The third-order valence-corrected chi connectivity index (χ3v) is 2.05. The van der Waals surface area contributed by atoms with Gasteiger partial charge in [-0.05, 0) is 13.8 Å². The van der Waals surface area contributed by atoms with Gasteiger partial charge in [-0.15, -0.1) is 0 Å². The number of hydrogen-bond donors (Lipinski definition) is 2. The lowest BCUT2D eigenvalue weighted by atomic mass is 10.2. The van der Waals surface area contributed by atoms with E-state index in [9.17, 15) is 4.79 Å². The van der Waals surface area contributed by atoms with Crippen LogP contribution in [0.25, 0.3) is 11.5 Å². The smallest absolute Gasteiger partial charge is 0.254 e. The van der Waals surface area contributed by atoms with Crippen molar-refractivity contribution >= 4 is 0 Å². The minimum absolute atomic E-state index is 0.143. The number of aryl methyl sites for hydroxylation is 1. The van der Waals surface area contributed by atoms with Crippen LogP contribution in [0.2, 0.25) is 0 Å². The molecule has 0 atom stereocenters. The van der Waals surface area contributed by atoms with Gasteiger partial charge in [-0.3, -0.25) is 4.79 Å². The van der Waals surface area contributed by atoms with Gasteiger partial charge in [0.15, 0.2) is 5.82 Å². The van der Waals surface area contributed by atoms with E-state index in [0.717, 1.165) is 0 Å². The third kappa shape index (κ3) is 1.30. The molecule has 0 aliphatic rings. The molecule has 0 saturated carbocycles. The summed E-state index contributed by atoms with van der Waals surface area (Å²) in [5.41, 5.74) is 1.71. The van der Waals surface area contributed by atoms with Gasteiger partial charge in [0.1, 0.15) is 5.69 Å². The Labute approximate surface area is 79.4 Å². The Hall–Kier alpha value is -1.98. The highest BCUT2D eigenvalue weighted by Gasteiger charge is 2.07. The predicted octanol–water partition coefficient (Wildman–Crippen LogP) is 0.172. The fourth-order valence-electron chi connectivity index (χ4n) is 1.08. The van der Waals surface area contributed by atoms with Crippen molar-refractivity contribution in [2.75, 3.05) is 0 Å². The van der Waals surface area contributed by atoms with Gasteiger partial charge in [-0.25, -0.2) is 4.98 Å². The molecule has 0 spiro atoms. The molecule has 0 aliphatic heterocycles. The lowest BCUT2D eigenvalue weighted by molar-refractivity contribution is 0.934. The Bertz CT molecular complexity index is 499. The van der Waals surface area contributed by atoms with Crippen LogP contribution in [0, 0.1) is 13.8 Å². The molecule has 0 radical (unpaired) electrons. The summed E-state index contributed by atoms with van der Waals surface area (Å²) in [4.78, 5) is 18.2. The van der Waals surface area contributed by atoms with Crippen LogP contribution in [0.5, 0.6) is 0 Å².